The van der Waals surface area contributed by atoms with E-state index in [0.717, 1.165) is 40.0 Å². The minimum Gasteiger partial charge on any atom is -0.493 e. The van der Waals surface area contributed by atoms with Gasteiger partial charge < -0.3 is 4.74 Å². The van der Waals surface area contributed by atoms with Gasteiger partial charge in [0, 0.05) is 15.6 Å². The van der Waals surface area contributed by atoms with Crippen molar-refractivity contribution in [2.24, 2.45) is 0 Å². The van der Waals surface area contributed by atoms with Crippen LogP contribution in [-0.2, 0) is 22.9 Å². The van der Waals surface area contributed by atoms with Crippen LogP contribution in [-0.4, -0.2) is 20.9 Å². The number of nitrogens with one attached hydrogen (secondary N) is 1. The van der Waals surface area contributed by atoms with Gasteiger partial charge in [-0.3, -0.25) is 4.79 Å². The van der Waals surface area contributed by atoms with E-state index in [0.29, 0.717) is 29.5 Å². The highest BCUT2D eigenvalue weighted by atomic mass is 79.9. The Labute approximate surface area is 233 Å². The lowest BCUT2D eigenvalue weighted by molar-refractivity contribution is 0.0980. The molecule has 0 radical (unpaired) electrons. The summed E-state index contributed by atoms with van der Waals surface area (Å²) < 4.78 is 34.7. The summed E-state index contributed by atoms with van der Waals surface area (Å²) in [6.07, 6.45) is 2.15. The molecule has 4 aromatic rings. The molecule has 0 saturated heterocycles. The zero-order valence-electron chi connectivity index (χ0n) is 21.4. The third-order valence-corrected chi connectivity index (χ3v) is 8.48. The summed E-state index contributed by atoms with van der Waals surface area (Å²) in [7, 11) is -4.07. The van der Waals surface area contributed by atoms with Gasteiger partial charge in [-0.05, 0) is 89.1 Å². The molecule has 1 amide bonds. The molecule has 0 atom stereocenters. The molecule has 0 unspecified atom stereocenters. The van der Waals surface area contributed by atoms with Crippen molar-refractivity contribution in [2.75, 3.05) is 6.61 Å². The Morgan fingerprint density at radius 3 is 2.37 bits per heavy atom. The summed E-state index contributed by atoms with van der Waals surface area (Å²) in [4.78, 5) is 13.4. The number of amides is 1. The Bertz CT molecular complexity index is 1540. The van der Waals surface area contributed by atoms with Gasteiger partial charge in [0.25, 0.3) is 15.9 Å². The lowest BCUT2D eigenvalue weighted by Crippen LogP contribution is -2.31. The normalized spacial score (nSPS) is 11.2. The molecular formula is C31H30BrNO4S. The quantitative estimate of drug-likeness (QED) is 0.213. The number of rotatable bonds is 10. The number of benzene rings is 4. The SMILES string of the molecule is CCCOc1ccc(C)cc1-c1ccc(C(=O)NS(=O)(=O)c2ccccc2Br)c(CCc2ccccc2)c1. The zero-order chi connectivity index (χ0) is 27.1. The van der Waals surface area contributed by atoms with Crippen molar-refractivity contribution >= 4 is 31.9 Å². The second-order valence-electron chi connectivity index (χ2n) is 9.07. The first-order chi connectivity index (χ1) is 18.3. The number of ether oxygens (including phenoxy) is 1. The maximum atomic E-state index is 13.4. The van der Waals surface area contributed by atoms with Gasteiger partial charge in [-0.15, -0.1) is 0 Å². The van der Waals surface area contributed by atoms with Crippen molar-refractivity contribution < 1.29 is 17.9 Å². The second-order valence-corrected chi connectivity index (χ2v) is 11.6. The highest BCUT2D eigenvalue weighted by Gasteiger charge is 2.23. The average Bonchev–Trinajstić information content (AvgIpc) is 2.91. The standard InChI is InChI=1S/C31H30BrNO4S/c1-3-19-37-29-18-13-22(2)20-27(29)25-16-17-26(24(21-25)15-14-23-9-5-4-6-10-23)31(34)33-38(35,36)30-12-8-7-11-28(30)32/h4-13,16-18,20-21H,3,14-15,19H2,1-2H3,(H,33,34). The molecule has 0 aromatic heterocycles. The van der Waals surface area contributed by atoms with Gasteiger partial charge in [0.15, 0.2) is 0 Å². The Hall–Kier alpha value is -3.42. The molecule has 0 spiro atoms. The van der Waals surface area contributed by atoms with E-state index in [-0.39, 0.29) is 4.90 Å². The van der Waals surface area contributed by atoms with E-state index in [2.05, 4.69) is 33.6 Å². The number of carbonyl (C=O) groups is 1. The lowest BCUT2D eigenvalue weighted by atomic mass is 9.94. The van der Waals surface area contributed by atoms with Crippen LogP contribution in [0.2, 0.25) is 0 Å². The monoisotopic (exact) mass is 591 g/mol. The van der Waals surface area contributed by atoms with Gasteiger partial charge in [-0.25, -0.2) is 13.1 Å². The fourth-order valence-corrected chi connectivity index (χ4v) is 6.19. The van der Waals surface area contributed by atoms with E-state index in [1.54, 1.807) is 24.3 Å². The highest BCUT2D eigenvalue weighted by molar-refractivity contribution is 9.10. The molecule has 0 aliphatic rings. The van der Waals surface area contributed by atoms with Crippen LogP contribution in [0.25, 0.3) is 11.1 Å². The average molecular weight is 593 g/mol. The van der Waals surface area contributed by atoms with E-state index in [9.17, 15) is 13.2 Å². The van der Waals surface area contributed by atoms with Crippen molar-refractivity contribution in [3.8, 4) is 16.9 Å². The Morgan fingerprint density at radius 1 is 0.895 bits per heavy atom. The van der Waals surface area contributed by atoms with Crippen LogP contribution in [0.15, 0.2) is 100 Å². The molecule has 196 valence electrons. The van der Waals surface area contributed by atoms with E-state index in [4.69, 9.17) is 4.74 Å². The fourth-order valence-electron chi connectivity index (χ4n) is 4.22. The molecule has 4 rings (SSSR count). The molecular weight excluding hydrogens is 562 g/mol. The fraction of sp³-hybridized carbons (Fsp3) is 0.194. The predicted molar refractivity (Wildman–Crippen MR) is 155 cm³/mol. The van der Waals surface area contributed by atoms with Gasteiger partial charge in [-0.2, -0.15) is 0 Å². The van der Waals surface area contributed by atoms with Crippen LogP contribution >= 0.6 is 15.9 Å². The highest BCUT2D eigenvalue weighted by Crippen LogP contribution is 2.33. The first-order valence-corrected chi connectivity index (χ1v) is 14.8. The summed E-state index contributed by atoms with van der Waals surface area (Å²) in [5, 5.41) is 0. The van der Waals surface area contributed by atoms with Crippen LogP contribution in [0.5, 0.6) is 5.75 Å². The van der Waals surface area contributed by atoms with Crippen LogP contribution in [0.1, 0.15) is 40.4 Å². The number of halogens is 1. The molecule has 0 aliphatic carbocycles. The molecule has 0 fully saturated rings. The summed E-state index contributed by atoms with van der Waals surface area (Å²) in [5.74, 6) is 0.113. The third-order valence-electron chi connectivity index (χ3n) is 6.14. The molecule has 0 saturated carbocycles. The maximum Gasteiger partial charge on any atom is 0.265 e. The van der Waals surface area contributed by atoms with E-state index < -0.39 is 15.9 Å². The number of sulfonamides is 1. The Balaban J connectivity index is 1.72. The number of hydrogen-bond acceptors (Lipinski definition) is 4. The first kappa shape index (κ1) is 27.6. The van der Waals surface area contributed by atoms with Crippen molar-refractivity contribution in [3.05, 3.63) is 118 Å². The number of aryl methyl sites for hydroxylation is 3. The Kier molecular flexibility index (Phi) is 9.02. The third kappa shape index (κ3) is 6.71. The summed E-state index contributed by atoms with van der Waals surface area (Å²) in [6.45, 7) is 4.69. The molecule has 0 heterocycles. The van der Waals surface area contributed by atoms with Crippen LogP contribution in [0.3, 0.4) is 0 Å². The van der Waals surface area contributed by atoms with Crippen molar-refractivity contribution in [1.82, 2.24) is 4.72 Å². The van der Waals surface area contributed by atoms with Crippen LogP contribution < -0.4 is 9.46 Å². The Morgan fingerprint density at radius 2 is 1.63 bits per heavy atom. The topological polar surface area (TPSA) is 72.5 Å². The van der Waals surface area contributed by atoms with Gasteiger partial charge in [-0.1, -0.05) is 73.2 Å². The van der Waals surface area contributed by atoms with E-state index in [1.807, 2.05) is 61.5 Å². The summed E-state index contributed by atoms with van der Waals surface area (Å²) in [5.41, 5.74) is 5.15. The smallest absolute Gasteiger partial charge is 0.265 e. The minimum absolute atomic E-state index is 0.00767. The molecule has 4 aromatic carbocycles. The lowest BCUT2D eigenvalue weighted by Gasteiger charge is -2.16. The second kappa shape index (κ2) is 12.4. The molecule has 0 aliphatic heterocycles. The minimum atomic E-state index is -4.07. The van der Waals surface area contributed by atoms with Crippen molar-refractivity contribution in [1.29, 1.82) is 0 Å². The number of carbonyl (C=O) groups excluding carboxylic acids is 1. The molecule has 0 bridgehead atoms. The van der Waals surface area contributed by atoms with E-state index in [1.165, 1.54) is 6.07 Å². The maximum absolute atomic E-state index is 13.4. The van der Waals surface area contributed by atoms with Gasteiger partial charge >= 0.3 is 0 Å². The first-order valence-electron chi connectivity index (χ1n) is 12.5. The summed E-state index contributed by atoms with van der Waals surface area (Å²) >= 11 is 3.27. The van der Waals surface area contributed by atoms with Crippen molar-refractivity contribution in [2.45, 2.75) is 38.0 Å². The number of hydrogen-bond donors (Lipinski definition) is 1. The van der Waals surface area contributed by atoms with Gasteiger partial charge in [0.2, 0.25) is 0 Å². The summed E-state index contributed by atoms with van der Waals surface area (Å²) in [6, 6.07) is 28.0. The van der Waals surface area contributed by atoms with Crippen LogP contribution in [0.4, 0.5) is 0 Å². The predicted octanol–water partition coefficient (Wildman–Crippen LogP) is 7.12. The molecule has 5 nitrogen and oxygen atoms in total. The van der Waals surface area contributed by atoms with Gasteiger partial charge in [0.05, 0.1) is 6.61 Å². The van der Waals surface area contributed by atoms with E-state index >= 15 is 0 Å². The van der Waals surface area contributed by atoms with Crippen molar-refractivity contribution in [3.63, 3.8) is 0 Å². The molecule has 38 heavy (non-hydrogen) atoms. The zero-order valence-corrected chi connectivity index (χ0v) is 23.8. The molecule has 7 heteroatoms. The molecule has 1 N–H and O–H groups in total. The van der Waals surface area contributed by atoms with Gasteiger partial charge in [0.1, 0.15) is 10.6 Å². The van der Waals surface area contributed by atoms with Crippen LogP contribution in [0, 0.1) is 6.92 Å². The largest absolute Gasteiger partial charge is 0.493 e.